The van der Waals surface area contributed by atoms with E-state index in [9.17, 15) is 14.4 Å². The van der Waals surface area contributed by atoms with E-state index < -0.39 is 22.6 Å². The van der Waals surface area contributed by atoms with Gasteiger partial charge < -0.3 is 25.0 Å². The molecule has 198 valence electrons. The van der Waals surface area contributed by atoms with Gasteiger partial charge >= 0.3 is 5.97 Å². The van der Waals surface area contributed by atoms with Crippen LogP contribution in [-0.4, -0.2) is 76.7 Å². The predicted molar refractivity (Wildman–Crippen MR) is 142 cm³/mol. The molecule has 0 aliphatic carbocycles. The SMILES string of the molecule is CCOC(=O)[C@@H]1[C@H]2C(=O)N(CCCCCO)C(C(=O)Nc3ccc(N(CC)CC)cc3)C23CC[C@H]1S3. The second-order valence-corrected chi connectivity index (χ2v) is 11.4. The zero-order valence-electron chi connectivity index (χ0n) is 21.6. The molecule has 8 nitrogen and oxygen atoms in total. The average molecular weight is 518 g/mol. The quantitative estimate of drug-likeness (QED) is 0.324. The predicted octanol–water partition coefficient (Wildman–Crippen LogP) is 3.29. The summed E-state index contributed by atoms with van der Waals surface area (Å²) in [5, 5.41) is 12.2. The van der Waals surface area contributed by atoms with Crippen LogP contribution in [0.2, 0.25) is 0 Å². The van der Waals surface area contributed by atoms with Gasteiger partial charge in [-0.25, -0.2) is 0 Å². The molecule has 36 heavy (non-hydrogen) atoms. The highest BCUT2D eigenvalue weighted by molar-refractivity contribution is 8.02. The first-order chi connectivity index (χ1) is 17.4. The van der Waals surface area contributed by atoms with Gasteiger partial charge in [0.15, 0.2) is 0 Å². The van der Waals surface area contributed by atoms with Crippen LogP contribution in [0.3, 0.4) is 0 Å². The topological polar surface area (TPSA) is 99.2 Å². The van der Waals surface area contributed by atoms with Crippen molar-refractivity contribution in [3.63, 3.8) is 0 Å². The molecule has 1 aromatic carbocycles. The molecule has 9 heteroatoms. The smallest absolute Gasteiger partial charge is 0.310 e. The fourth-order valence-electron chi connectivity index (χ4n) is 6.33. The van der Waals surface area contributed by atoms with Gasteiger partial charge in [-0.2, -0.15) is 0 Å². The summed E-state index contributed by atoms with van der Waals surface area (Å²) in [6, 6.07) is 7.18. The van der Waals surface area contributed by atoms with Crippen molar-refractivity contribution < 1.29 is 24.2 Å². The Hall–Kier alpha value is -2.26. The summed E-state index contributed by atoms with van der Waals surface area (Å²) in [4.78, 5) is 44.5. The minimum Gasteiger partial charge on any atom is -0.466 e. The Morgan fingerprint density at radius 3 is 2.53 bits per heavy atom. The van der Waals surface area contributed by atoms with Gasteiger partial charge in [-0.05, 0) is 77.1 Å². The molecule has 1 spiro atoms. The summed E-state index contributed by atoms with van der Waals surface area (Å²) in [6.45, 7) is 8.63. The normalized spacial score (nSPS) is 28.3. The van der Waals surface area contributed by atoms with Crippen molar-refractivity contribution in [2.75, 3.05) is 43.1 Å². The lowest BCUT2D eigenvalue weighted by atomic mass is 9.71. The van der Waals surface area contributed by atoms with Gasteiger partial charge in [-0.15, -0.1) is 11.8 Å². The van der Waals surface area contributed by atoms with E-state index in [1.165, 1.54) is 0 Å². The standard InChI is InChI=1S/C27H39N3O5S/c1-4-29(5-2)19-12-10-18(11-13-19)28-24(32)23-27-15-14-20(36-27)21(26(34)35-6-3)22(27)25(33)30(23)16-8-7-9-17-31/h10-13,20-23,31H,4-9,14-17H2,1-3H3,(H,28,32)/t20-,21+,22+,23?,27?/m1/s1. The number of likely N-dealkylation sites (tertiary alicyclic amines) is 1. The number of nitrogens with zero attached hydrogens (tertiary/aromatic N) is 2. The van der Waals surface area contributed by atoms with E-state index in [1.54, 1.807) is 23.6 Å². The molecule has 3 saturated heterocycles. The number of anilines is 2. The van der Waals surface area contributed by atoms with Crippen molar-refractivity contribution in [3.8, 4) is 0 Å². The Morgan fingerprint density at radius 2 is 1.89 bits per heavy atom. The molecular formula is C27H39N3O5S. The Morgan fingerprint density at radius 1 is 1.17 bits per heavy atom. The number of carbonyl (C=O) groups excluding carboxylic acids is 3. The Labute approximate surface area is 218 Å². The Kier molecular flexibility index (Phi) is 8.50. The first kappa shape index (κ1) is 26.8. The van der Waals surface area contributed by atoms with Gasteiger partial charge in [0.2, 0.25) is 11.8 Å². The number of ether oxygens (including phenoxy) is 1. The maximum absolute atomic E-state index is 13.8. The van der Waals surface area contributed by atoms with Gasteiger partial charge in [0.25, 0.3) is 0 Å². The first-order valence-corrected chi connectivity index (χ1v) is 14.2. The fourth-order valence-corrected chi connectivity index (χ4v) is 8.53. The third-order valence-electron chi connectivity index (χ3n) is 7.93. The third kappa shape index (κ3) is 4.72. The highest BCUT2D eigenvalue weighted by atomic mass is 32.2. The number of rotatable bonds is 12. The number of carbonyl (C=O) groups is 3. The highest BCUT2D eigenvalue weighted by Gasteiger charge is 2.73. The minimum atomic E-state index is -0.638. The molecule has 0 radical (unpaired) electrons. The van der Waals surface area contributed by atoms with Crippen LogP contribution < -0.4 is 10.2 Å². The number of aliphatic hydroxyl groups is 1. The molecule has 3 aliphatic heterocycles. The van der Waals surface area contributed by atoms with Gasteiger partial charge in [-0.1, -0.05) is 0 Å². The number of thioether (sulfide) groups is 1. The molecule has 0 saturated carbocycles. The molecule has 3 heterocycles. The lowest BCUT2D eigenvalue weighted by molar-refractivity contribution is -0.153. The van der Waals surface area contributed by atoms with E-state index in [-0.39, 0.29) is 36.2 Å². The summed E-state index contributed by atoms with van der Waals surface area (Å²) >= 11 is 1.65. The van der Waals surface area contributed by atoms with Crippen LogP contribution in [0.25, 0.3) is 0 Å². The van der Waals surface area contributed by atoms with Crippen molar-refractivity contribution in [2.24, 2.45) is 11.8 Å². The van der Waals surface area contributed by atoms with E-state index in [2.05, 4.69) is 24.1 Å². The monoisotopic (exact) mass is 517 g/mol. The molecular weight excluding hydrogens is 478 g/mol. The van der Waals surface area contributed by atoms with Gasteiger partial charge in [0, 0.05) is 42.9 Å². The van der Waals surface area contributed by atoms with E-state index >= 15 is 0 Å². The van der Waals surface area contributed by atoms with E-state index in [0.29, 0.717) is 25.1 Å². The van der Waals surface area contributed by atoms with Crippen LogP contribution in [0.5, 0.6) is 0 Å². The number of aliphatic hydroxyl groups excluding tert-OH is 1. The molecule has 2 bridgehead atoms. The lowest BCUT2D eigenvalue weighted by Crippen LogP contribution is -2.51. The van der Waals surface area contributed by atoms with E-state index in [4.69, 9.17) is 9.84 Å². The molecule has 3 aliphatic rings. The van der Waals surface area contributed by atoms with Crippen molar-refractivity contribution in [1.29, 1.82) is 0 Å². The number of hydrogen-bond acceptors (Lipinski definition) is 7. The molecule has 4 rings (SSSR count). The zero-order valence-corrected chi connectivity index (χ0v) is 22.4. The number of amides is 2. The van der Waals surface area contributed by atoms with Gasteiger partial charge in [0.1, 0.15) is 6.04 Å². The fraction of sp³-hybridized carbons (Fsp3) is 0.667. The maximum atomic E-state index is 13.8. The van der Waals surface area contributed by atoms with Crippen molar-refractivity contribution in [1.82, 2.24) is 4.90 Å². The summed E-state index contributed by atoms with van der Waals surface area (Å²) in [6.07, 6.45) is 3.68. The molecule has 2 unspecified atom stereocenters. The summed E-state index contributed by atoms with van der Waals surface area (Å²) < 4.78 is 4.76. The van der Waals surface area contributed by atoms with Crippen LogP contribution in [-0.2, 0) is 19.1 Å². The molecule has 2 amide bonds. The molecule has 1 aromatic rings. The first-order valence-electron chi connectivity index (χ1n) is 13.3. The molecule has 0 aromatic heterocycles. The van der Waals surface area contributed by atoms with Crippen molar-refractivity contribution >= 4 is 40.9 Å². The highest BCUT2D eigenvalue weighted by Crippen LogP contribution is 2.66. The third-order valence-corrected chi connectivity index (χ3v) is 9.88. The molecule has 3 fully saturated rings. The average Bonchev–Trinajstić information content (AvgIpc) is 3.51. The van der Waals surface area contributed by atoms with Gasteiger partial charge in [-0.3, -0.25) is 14.4 Å². The number of nitrogens with one attached hydrogen (secondary N) is 1. The maximum Gasteiger partial charge on any atom is 0.310 e. The summed E-state index contributed by atoms with van der Waals surface area (Å²) in [7, 11) is 0. The lowest BCUT2D eigenvalue weighted by Gasteiger charge is -2.34. The molecule has 5 atom stereocenters. The minimum absolute atomic E-state index is 0.0122. The Balaban J connectivity index is 1.59. The van der Waals surface area contributed by atoms with Crippen LogP contribution in [0.4, 0.5) is 11.4 Å². The summed E-state index contributed by atoms with van der Waals surface area (Å²) in [5.74, 6) is -1.64. The number of esters is 1. The van der Waals surface area contributed by atoms with E-state index in [1.807, 2.05) is 24.3 Å². The Bertz CT molecular complexity index is 953. The van der Waals surface area contributed by atoms with Crippen LogP contribution in [0, 0.1) is 11.8 Å². The number of fused-ring (bicyclic) bond motifs is 1. The van der Waals surface area contributed by atoms with Crippen LogP contribution in [0.1, 0.15) is 52.9 Å². The number of benzene rings is 1. The number of unbranched alkanes of at least 4 members (excludes halogenated alkanes) is 2. The van der Waals surface area contributed by atoms with Crippen LogP contribution >= 0.6 is 11.8 Å². The number of hydrogen-bond donors (Lipinski definition) is 2. The molecule has 2 N–H and O–H groups in total. The largest absolute Gasteiger partial charge is 0.466 e. The van der Waals surface area contributed by atoms with Crippen LogP contribution in [0.15, 0.2) is 24.3 Å². The second kappa shape index (κ2) is 11.4. The van der Waals surface area contributed by atoms with E-state index in [0.717, 1.165) is 38.0 Å². The van der Waals surface area contributed by atoms with Crippen molar-refractivity contribution in [2.45, 2.75) is 68.9 Å². The zero-order chi connectivity index (χ0) is 25.9. The summed E-state index contributed by atoms with van der Waals surface area (Å²) in [5.41, 5.74) is 1.79. The van der Waals surface area contributed by atoms with Gasteiger partial charge in [0.05, 0.1) is 23.2 Å². The van der Waals surface area contributed by atoms with Crippen molar-refractivity contribution in [3.05, 3.63) is 24.3 Å². The second-order valence-electron chi connectivity index (χ2n) is 9.83.